The summed E-state index contributed by atoms with van der Waals surface area (Å²) >= 11 is 0. The number of carbonyl (C=O) groups excluding carboxylic acids is 1. The molecular weight excluding hydrogens is 298 g/mol. The molecule has 0 saturated carbocycles. The van der Waals surface area contributed by atoms with E-state index in [1.807, 2.05) is 0 Å². The second-order valence-electron chi connectivity index (χ2n) is 6.05. The molecular formula is C16H23N3O4. The molecule has 2 N–H and O–H groups in total. The number of amides is 2. The molecule has 2 heterocycles. The molecule has 23 heavy (non-hydrogen) atoms. The minimum Gasteiger partial charge on any atom is -0.481 e. The van der Waals surface area contributed by atoms with Crippen LogP contribution in [0.3, 0.4) is 0 Å². The van der Waals surface area contributed by atoms with Gasteiger partial charge in [0, 0.05) is 19.2 Å². The first-order valence-corrected chi connectivity index (χ1v) is 7.83. The van der Waals surface area contributed by atoms with Crippen molar-refractivity contribution in [1.29, 1.82) is 0 Å². The van der Waals surface area contributed by atoms with Crippen LogP contribution in [0.15, 0.2) is 18.3 Å². The minimum absolute atomic E-state index is 0.208. The molecule has 0 radical (unpaired) electrons. The van der Waals surface area contributed by atoms with E-state index in [0.29, 0.717) is 31.1 Å². The van der Waals surface area contributed by atoms with Crippen LogP contribution in [0, 0.1) is 5.41 Å². The Morgan fingerprint density at radius 2 is 2.26 bits per heavy atom. The van der Waals surface area contributed by atoms with E-state index in [4.69, 9.17) is 4.74 Å². The quantitative estimate of drug-likeness (QED) is 0.786. The number of unbranched alkanes of at least 4 members (excludes halogenated alkanes) is 1. The Labute approximate surface area is 135 Å². The highest BCUT2D eigenvalue weighted by Crippen LogP contribution is 2.30. The van der Waals surface area contributed by atoms with Crippen LogP contribution in [0.2, 0.25) is 0 Å². The molecule has 1 atom stereocenters. The third-order valence-electron chi connectivity index (χ3n) is 4.01. The molecule has 0 bridgehead atoms. The third-order valence-corrected chi connectivity index (χ3v) is 4.01. The first-order valence-electron chi connectivity index (χ1n) is 7.83. The molecule has 1 aliphatic heterocycles. The van der Waals surface area contributed by atoms with Crippen molar-refractivity contribution in [1.82, 2.24) is 9.88 Å². The second kappa shape index (κ2) is 7.30. The largest absolute Gasteiger partial charge is 0.481 e. The molecule has 7 heteroatoms. The molecule has 0 spiro atoms. The molecule has 2 rings (SSSR count). The fraction of sp³-hybridized carbons (Fsp3) is 0.562. The number of carboxylic acid groups (broad SMARTS) is 1. The monoisotopic (exact) mass is 321 g/mol. The lowest BCUT2D eigenvalue weighted by Crippen LogP contribution is -2.37. The number of rotatable bonds is 6. The standard InChI is InChI=1S/C16H23N3O4/c1-3-4-9-23-13-6-5-12(10-17-13)18-15(22)19-8-7-16(2,11-19)14(20)21/h5-6,10H,3-4,7-9,11H2,1-2H3,(H,18,22)(H,20,21). The van der Waals surface area contributed by atoms with Crippen molar-refractivity contribution in [3.8, 4) is 5.88 Å². The number of carboxylic acids is 1. The van der Waals surface area contributed by atoms with E-state index < -0.39 is 11.4 Å². The summed E-state index contributed by atoms with van der Waals surface area (Å²) < 4.78 is 5.46. The SMILES string of the molecule is CCCCOc1ccc(NC(=O)N2CCC(C)(C(=O)O)C2)cn1. The number of urea groups is 1. The molecule has 126 valence electrons. The van der Waals surface area contributed by atoms with Gasteiger partial charge in [0.1, 0.15) is 0 Å². The third kappa shape index (κ3) is 4.34. The lowest BCUT2D eigenvalue weighted by atomic mass is 9.90. The molecule has 1 saturated heterocycles. The maximum atomic E-state index is 12.2. The van der Waals surface area contributed by atoms with E-state index >= 15 is 0 Å². The maximum absolute atomic E-state index is 12.2. The van der Waals surface area contributed by atoms with Gasteiger partial charge in [-0.05, 0) is 25.8 Å². The first-order chi connectivity index (χ1) is 10.9. The van der Waals surface area contributed by atoms with Crippen LogP contribution in [0.25, 0.3) is 0 Å². The Kier molecular flexibility index (Phi) is 5.41. The van der Waals surface area contributed by atoms with Gasteiger partial charge in [-0.3, -0.25) is 4.79 Å². The smallest absolute Gasteiger partial charge is 0.321 e. The number of likely N-dealkylation sites (tertiary alicyclic amines) is 1. The zero-order valence-electron chi connectivity index (χ0n) is 13.5. The van der Waals surface area contributed by atoms with Crippen molar-refractivity contribution in [2.75, 3.05) is 25.0 Å². The fourth-order valence-corrected chi connectivity index (χ4v) is 2.37. The van der Waals surface area contributed by atoms with E-state index in [1.54, 1.807) is 19.1 Å². The van der Waals surface area contributed by atoms with Crippen LogP contribution < -0.4 is 10.1 Å². The zero-order chi connectivity index (χ0) is 16.9. The van der Waals surface area contributed by atoms with Crippen molar-refractivity contribution < 1.29 is 19.4 Å². The normalized spacial score (nSPS) is 20.3. The van der Waals surface area contributed by atoms with E-state index in [1.165, 1.54) is 11.1 Å². The number of aliphatic carboxylic acids is 1. The van der Waals surface area contributed by atoms with Crippen molar-refractivity contribution >= 4 is 17.7 Å². The predicted molar refractivity (Wildman–Crippen MR) is 85.6 cm³/mol. The van der Waals surface area contributed by atoms with Crippen LogP contribution in [0.5, 0.6) is 5.88 Å². The molecule has 1 aliphatic rings. The van der Waals surface area contributed by atoms with Crippen molar-refractivity contribution in [3.05, 3.63) is 18.3 Å². The molecule has 0 aliphatic carbocycles. The Morgan fingerprint density at radius 3 is 2.83 bits per heavy atom. The molecule has 1 unspecified atom stereocenters. The number of nitrogens with zero attached hydrogens (tertiary/aromatic N) is 2. The molecule has 2 amide bonds. The average molecular weight is 321 g/mol. The summed E-state index contributed by atoms with van der Waals surface area (Å²) in [5.74, 6) is -0.348. The molecule has 1 aromatic heterocycles. The van der Waals surface area contributed by atoms with Crippen LogP contribution >= 0.6 is 0 Å². The van der Waals surface area contributed by atoms with Gasteiger partial charge in [0.25, 0.3) is 0 Å². The van der Waals surface area contributed by atoms with E-state index in [2.05, 4.69) is 17.2 Å². The molecule has 7 nitrogen and oxygen atoms in total. The molecule has 1 fully saturated rings. The highest BCUT2D eigenvalue weighted by molar-refractivity contribution is 5.90. The summed E-state index contributed by atoms with van der Waals surface area (Å²) in [4.78, 5) is 29.0. The number of hydrogen-bond donors (Lipinski definition) is 2. The number of aromatic nitrogens is 1. The fourth-order valence-electron chi connectivity index (χ4n) is 2.37. The van der Waals surface area contributed by atoms with Gasteiger partial charge in [-0.2, -0.15) is 0 Å². The Bertz CT molecular complexity index is 561. The Hall–Kier alpha value is -2.31. The highest BCUT2D eigenvalue weighted by Gasteiger charge is 2.42. The second-order valence-corrected chi connectivity index (χ2v) is 6.05. The lowest BCUT2D eigenvalue weighted by molar-refractivity contribution is -0.146. The van der Waals surface area contributed by atoms with Gasteiger partial charge < -0.3 is 20.1 Å². The average Bonchev–Trinajstić information content (AvgIpc) is 2.93. The first kappa shape index (κ1) is 17.1. The van der Waals surface area contributed by atoms with Crippen LogP contribution in [0.1, 0.15) is 33.1 Å². The summed E-state index contributed by atoms with van der Waals surface area (Å²) in [6.07, 6.45) is 4.01. The summed E-state index contributed by atoms with van der Waals surface area (Å²) in [7, 11) is 0. The lowest BCUT2D eigenvalue weighted by Gasteiger charge is -2.20. The summed E-state index contributed by atoms with van der Waals surface area (Å²) in [6.45, 7) is 5.01. The zero-order valence-corrected chi connectivity index (χ0v) is 13.5. The Balaban J connectivity index is 1.87. The molecule has 0 aromatic carbocycles. The van der Waals surface area contributed by atoms with Crippen molar-refractivity contribution in [3.63, 3.8) is 0 Å². The number of ether oxygens (including phenoxy) is 1. The van der Waals surface area contributed by atoms with E-state index in [9.17, 15) is 14.7 Å². The topological polar surface area (TPSA) is 91.8 Å². The number of hydrogen-bond acceptors (Lipinski definition) is 4. The van der Waals surface area contributed by atoms with Crippen molar-refractivity contribution in [2.45, 2.75) is 33.1 Å². The van der Waals surface area contributed by atoms with Gasteiger partial charge in [0.05, 0.1) is 23.9 Å². The van der Waals surface area contributed by atoms with Gasteiger partial charge in [0.15, 0.2) is 0 Å². The summed E-state index contributed by atoms with van der Waals surface area (Å²) in [5, 5.41) is 11.9. The van der Waals surface area contributed by atoms with Gasteiger partial charge >= 0.3 is 12.0 Å². The van der Waals surface area contributed by atoms with Gasteiger partial charge in [0.2, 0.25) is 5.88 Å². The van der Waals surface area contributed by atoms with Gasteiger partial charge in [-0.15, -0.1) is 0 Å². The predicted octanol–water partition coefficient (Wildman–Crippen LogP) is 2.59. The van der Waals surface area contributed by atoms with Gasteiger partial charge in [-0.25, -0.2) is 9.78 Å². The van der Waals surface area contributed by atoms with E-state index in [0.717, 1.165) is 12.8 Å². The van der Waals surface area contributed by atoms with Crippen LogP contribution in [-0.2, 0) is 4.79 Å². The minimum atomic E-state index is -0.872. The summed E-state index contributed by atoms with van der Waals surface area (Å²) in [5.41, 5.74) is -0.311. The Morgan fingerprint density at radius 1 is 1.48 bits per heavy atom. The van der Waals surface area contributed by atoms with Crippen LogP contribution in [0.4, 0.5) is 10.5 Å². The number of anilines is 1. The number of nitrogens with one attached hydrogen (secondary N) is 1. The number of pyridine rings is 1. The number of carbonyl (C=O) groups is 2. The molecule has 1 aromatic rings. The van der Waals surface area contributed by atoms with Gasteiger partial charge in [-0.1, -0.05) is 13.3 Å². The highest BCUT2D eigenvalue weighted by atomic mass is 16.5. The maximum Gasteiger partial charge on any atom is 0.321 e. The van der Waals surface area contributed by atoms with E-state index in [-0.39, 0.29) is 12.6 Å². The van der Waals surface area contributed by atoms with Crippen molar-refractivity contribution in [2.24, 2.45) is 5.41 Å². The van der Waals surface area contributed by atoms with Crippen LogP contribution in [-0.4, -0.2) is 46.7 Å². The summed E-state index contributed by atoms with van der Waals surface area (Å²) in [6, 6.07) is 3.12.